The van der Waals surface area contributed by atoms with E-state index in [1.165, 1.54) is 35.1 Å². The number of benzene rings is 2. The van der Waals surface area contributed by atoms with E-state index in [2.05, 4.69) is 14.8 Å². The molecule has 0 bridgehead atoms. The normalized spacial score (nSPS) is 13.2. The number of amides is 1. The second kappa shape index (κ2) is 8.54. The number of fused-ring (bicyclic) bond motifs is 3. The van der Waals surface area contributed by atoms with Gasteiger partial charge in [-0.25, -0.2) is 23.2 Å². The molecular formula is C23H23N7O5S2. The van der Waals surface area contributed by atoms with Crippen molar-refractivity contribution in [2.75, 3.05) is 4.72 Å². The van der Waals surface area contributed by atoms with Crippen LogP contribution >= 0.6 is 0 Å². The maximum absolute atomic E-state index is 13.0. The lowest BCUT2D eigenvalue weighted by atomic mass is 9.88. The number of imidazole rings is 1. The molecule has 4 aromatic rings. The van der Waals surface area contributed by atoms with Crippen LogP contribution in [0.5, 0.6) is 0 Å². The van der Waals surface area contributed by atoms with Crippen molar-refractivity contribution in [3.05, 3.63) is 71.3 Å². The van der Waals surface area contributed by atoms with Crippen molar-refractivity contribution in [3.63, 3.8) is 0 Å². The highest BCUT2D eigenvalue weighted by Crippen LogP contribution is 2.38. The topological polar surface area (TPSA) is 185 Å². The molecule has 14 heteroatoms. The van der Waals surface area contributed by atoms with Gasteiger partial charge < -0.3 is 10.3 Å². The highest BCUT2D eigenvalue weighted by molar-refractivity contribution is 7.92. The van der Waals surface area contributed by atoms with E-state index in [4.69, 9.17) is 10.9 Å². The van der Waals surface area contributed by atoms with Gasteiger partial charge in [-0.05, 0) is 61.7 Å². The summed E-state index contributed by atoms with van der Waals surface area (Å²) in [6, 6.07) is 10.9. The Bertz CT molecular complexity index is 1770. The van der Waals surface area contributed by atoms with E-state index in [9.17, 15) is 21.6 Å². The smallest absolute Gasteiger partial charge is 0.280 e. The molecule has 37 heavy (non-hydrogen) atoms. The molecule has 5 N–H and O–H groups in total. The van der Waals surface area contributed by atoms with Crippen LogP contribution in [0.1, 0.15) is 27.4 Å². The molecule has 1 amide bonds. The molecule has 0 fully saturated rings. The van der Waals surface area contributed by atoms with Crippen molar-refractivity contribution in [2.45, 2.75) is 29.7 Å². The summed E-state index contributed by atoms with van der Waals surface area (Å²) < 4.78 is 54.9. The molecule has 0 aliphatic heterocycles. The predicted molar refractivity (Wildman–Crippen MR) is 135 cm³/mol. The molecule has 1 aliphatic rings. The monoisotopic (exact) mass is 541 g/mol. The second-order valence-electron chi connectivity index (χ2n) is 8.71. The van der Waals surface area contributed by atoms with Crippen LogP contribution in [0.2, 0.25) is 0 Å². The summed E-state index contributed by atoms with van der Waals surface area (Å²) in [5.41, 5.74) is 9.23. The number of nitrogens with one attached hydrogen (secondary N) is 1. The lowest BCUT2D eigenvalue weighted by molar-refractivity contribution is 0.0994. The van der Waals surface area contributed by atoms with Gasteiger partial charge in [0.25, 0.3) is 15.9 Å². The zero-order valence-corrected chi connectivity index (χ0v) is 21.5. The Balaban J connectivity index is 1.62. The number of sulfonamides is 2. The molecule has 1 aliphatic carbocycles. The standard InChI is InChI=1S/C23H23N7O5S2/c1-13-26-20(12-29(13)2)37(34,35)28-15-5-3-14-4-10-18-21(23(24)31)27-30(22(18)19(14)11-15)16-6-8-17(9-7-16)36(25,32)33/h3,5-9,11-12,28H,4,10H2,1-2H3,(H2,24,31)(H2,25,32,33). The second-order valence-corrected chi connectivity index (χ2v) is 11.9. The average Bonchev–Trinajstić information content (AvgIpc) is 3.39. The fourth-order valence-corrected chi connectivity index (χ4v) is 5.93. The van der Waals surface area contributed by atoms with Crippen molar-refractivity contribution in [1.29, 1.82) is 0 Å². The van der Waals surface area contributed by atoms with Gasteiger partial charge in [0.15, 0.2) is 10.7 Å². The van der Waals surface area contributed by atoms with Gasteiger partial charge in [-0.3, -0.25) is 9.52 Å². The Hall–Kier alpha value is -4.01. The number of primary amides is 1. The van der Waals surface area contributed by atoms with Crippen molar-refractivity contribution in [2.24, 2.45) is 17.9 Å². The number of hydrogen-bond acceptors (Lipinski definition) is 7. The number of primary sulfonamides is 1. The van der Waals surface area contributed by atoms with Gasteiger partial charge in [-0.1, -0.05) is 6.07 Å². The molecular weight excluding hydrogens is 518 g/mol. The molecule has 12 nitrogen and oxygen atoms in total. The molecule has 5 rings (SSSR count). The Kier molecular flexibility index (Phi) is 5.69. The maximum atomic E-state index is 13.0. The Morgan fingerprint density at radius 3 is 2.35 bits per heavy atom. The third-order valence-electron chi connectivity index (χ3n) is 6.25. The number of anilines is 1. The summed E-state index contributed by atoms with van der Waals surface area (Å²) in [6.07, 6.45) is 2.51. The van der Waals surface area contributed by atoms with Gasteiger partial charge >= 0.3 is 0 Å². The highest BCUT2D eigenvalue weighted by Gasteiger charge is 2.29. The molecule has 0 unspecified atom stereocenters. The van der Waals surface area contributed by atoms with E-state index in [1.807, 2.05) is 6.07 Å². The first-order valence-electron chi connectivity index (χ1n) is 11.1. The van der Waals surface area contributed by atoms with E-state index in [1.54, 1.807) is 30.7 Å². The summed E-state index contributed by atoms with van der Waals surface area (Å²) in [5, 5.41) is 9.53. The summed E-state index contributed by atoms with van der Waals surface area (Å²) in [4.78, 5) is 16.2. The fraction of sp³-hybridized carbons (Fsp3) is 0.174. The van der Waals surface area contributed by atoms with E-state index < -0.39 is 26.0 Å². The van der Waals surface area contributed by atoms with Gasteiger partial charge in [0, 0.05) is 30.1 Å². The molecule has 0 radical (unpaired) electrons. The minimum atomic E-state index is -3.96. The largest absolute Gasteiger partial charge is 0.364 e. The van der Waals surface area contributed by atoms with Crippen molar-refractivity contribution >= 4 is 31.6 Å². The quantitative estimate of drug-likeness (QED) is 0.327. The van der Waals surface area contributed by atoms with E-state index >= 15 is 0 Å². The van der Waals surface area contributed by atoms with Crippen LogP contribution in [0.4, 0.5) is 5.69 Å². The third-order valence-corrected chi connectivity index (χ3v) is 8.43. The van der Waals surface area contributed by atoms with Crippen molar-refractivity contribution in [3.8, 4) is 16.9 Å². The molecule has 0 spiro atoms. The van der Waals surface area contributed by atoms with Crippen LogP contribution < -0.4 is 15.6 Å². The zero-order valence-electron chi connectivity index (χ0n) is 19.8. The minimum Gasteiger partial charge on any atom is -0.364 e. The van der Waals surface area contributed by atoms with Gasteiger partial charge in [-0.15, -0.1) is 0 Å². The number of aromatic nitrogens is 4. The molecule has 192 valence electrons. The average molecular weight is 542 g/mol. The number of nitrogens with zero attached hydrogens (tertiary/aromatic N) is 4. The lowest BCUT2D eigenvalue weighted by Crippen LogP contribution is -2.16. The van der Waals surface area contributed by atoms with Gasteiger partial charge in [0.05, 0.1) is 16.3 Å². The van der Waals surface area contributed by atoms with Crippen molar-refractivity contribution < 1.29 is 21.6 Å². The first-order valence-corrected chi connectivity index (χ1v) is 14.1. The number of nitrogens with two attached hydrogens (primary N) is 2. The van der Waals surface area contributed by atoms with Crippen LogP contribution in [0.15, 0.2) is 58.6 Å². The number of rotatable bonds is 6. The van der Waals surface area contributed by atoms with E-state index in [0.717, 1.165) is 5.56 Å². The van der Waals surface area contributed by atoms with Crippen LogP contribution in [0.3, 0.4) is 0 Å². The van der Waals surface area contributed by atoms with Crippen LogP contribution in [-0.4, -0.2) is 42.1 Å². The summed E-state index contributed by atoms with van der Waals surface area (Å²) in [7, 11) is -6.15. The first kappa shape index (κ1) is 24.7. The number of carbonyl (C=O) groups is 1. The molecule has 2 aromatic heterocycles. The molecule has 2 aromatic carbocycles. The molecule has 0 atom stereocenters. The van der Waals surface area contributed by atoms with Gasteiger partial charge in [-0.2, -0.15) is 13.5 Å². The lowest BCUT2D eigenvalue weighted by Gasteiger charge is -2.20. The summed E-state index contributed by atoms with van der Waals surface area (Å²) in [6.45, 7) is 1.70. The maximum Gasteiger partial charge on any atom is 0.280 e. The minimum absolute atomic E-state index is 0.0748. The third kappa shape index (κ3) is 4.39. The Morgan fingerprint density at radius 2 is 1.76 bits per heavy atom. The number of aryl methyl sites for hydroxylation is 3. The Morgan fingerprint density at radius 1 is 1.05 bits per heavy atom. The number of carbonyl (C=O) groups excluding carboxylic acids is 1. The fourth-order valence-electron chi connectivity index (χ4n) is 4.33. The molecule has 0 saturated carbocycles. The SMILES string of the molecule is Cc1nc(S(=O)(=O)Nc2ccc3c(c2)-c2c(c(C(N)=O)nn2-c2ccc(S(N)(=O)=O)cc2)CC3)cn1C. The van der Waals surface area contributed by atoms with Crippen LogP contribution in [0, 0.1) is 6.92 Å². The van der Waals surface area contributed by atoms with Crippen LogP contribution in [-0.2, 0) is 39.9 Å². The predicted octanol–water partition coefficient (Wildman–Crippen LogP) is 1.23. The van der Waals surface area contributed by atoms with Gasteiger partial charge in [0.2, 0.25) is 10.0 Å². The molecule has 0 saturated heterocycles. The van der Waals surface area contributed by atoms with E-state index in [0.29, 0.717) is 46.9 Å². The van der Waals surface area contributed by atoms with E-state index in [-0.39, 0.29) is 15.6 Å². The van der Waals surface area contributed by atoms with Crippen LogP contribution in [0.25, 0.3) is 16.9 Å². The Labute approximate surface area is 213 Å². The number of hydrogen-bond donors (Lipinski definition) is 3. The van der Waals surface area contributed by atoms with Gasteiger partial charge in [0.1, 0.15) is 5.82 Å². The molecule has 2 heterocycles. The highest BCUT2D eigenvalue weighted by atomic mass is 32.2. The first-order chi connectivity index (χ1) is 17.3. The summed E-state index contributed by atoms with van der Waals surface area (Å²) in [5.74, 6) is -0.159. The zero-order chi connectivity index (χ0) is 26.7. The van der Waals surface area contributed by atoms with Crippen molar-refractivity contribution in [1.82, 2.24) is 19.3 Å². The summed E-state index contributed by atoms with van der Waals surface area (Å²) >= 11 is 0.